The predicted octanol–water partition coefficient (Wildman–Crippen LogP) is -0.172. The van der Waals surface area contributed by atoms with Crippen LogP contribution < -0.4 is 0 Å². The molecular formula is C17H24N4O4S. The number of rotatable bonds is 4. The number of aryl methyl sites for hydroxylation is 2. The largest absolute Gasteiger partial charge is 0.335 e. The van der Waals surface area contributed by atoms with E-state index in [0.717, 1.165) is 18.4 Å². The van der Waals surface area contributed by atoms with Crippen LogP contribution in [0.5, 0.6) is 0 Å². The molecule has 3 fully saturated rings. The van der Waals surface area contributed by atoms with E-state index >= 15 is 0 Å². The third kappa shape index (κ3) is 3.36. The Labute approximate surface area is 153 Å². The van der Waals surface area contributed by atoms with Gasteiger partial charge in [0.05, 0.1) is 29.8 Å². The van der Waals surface area contributed by atoms with E-state index in [4.69, 9.17) is 0 Å². The molecule has 3 aliphatic rings. The van der Waals surface area contributed by atoms with Crippen molar-refractivity contribution in [3.05, 3.63) is 18.0 Å². The number of piperazine rings is 1. The molecule has 2 amide bonds. The number of carbonyl (C=O) groups is 2. The van der Waals surface area contributed by atoms with Gasteiger partial charge in [0.2, 0.25) is 11.8 Å². The quantitative estimate of drug-likeness (QED) is 0.723. The van der Waals surface area contributed by atoms with Crippen molar-refractivity contribution in [1.82, 2.24) is 19.6 Å². The summed E-state index contributed by atoms with van der Waals surface area (Å²) in [6, 6.07) is -0.805. The number of sulfone groups is 1. The van der Waals surface area contributed by atoms with Crippen molar-refractivity contribution in [1.29, 1.82) is 0 Å². The summed E-state index contributed by atoms with van der Waals surface area (Å²) >= 11 is 0. The van der Waals surface area contributed by atoms with Gasteiger partial charge in [-0.2, -0.15) is 5.10 Å². The zero-order valence-electron chi connectivity index (χ0n) is 14.9. The highest BCUT2D eigenvalue weighted by molar-refractivity contribution is 7.91. The summed E-state index contributed by atoms with van der Waals surface area (Å²) in [5.74, 6) is -0.0129. The van der Waals surface area contributed by atoms with Crippen LogP contribution in [0.15, 0.2) is 12.4 Å². The summed E-state index contributed by atoms with van der Waals surface area (Å²) in [6.45, 7) is 3.25. The van der Waals surface area contributed by atoms with E-state index < -0.39 is 21.9 Å². The van der Waals surface area contributed by atoms with Crippen LogP contribution in [-0.2, 0) is 26.0 Å². The van der Waals surface area contributed by atoms with Gasteiger partial charge in [-0.3, -0.25) is 14.3 Å². The lowest BCUT2D eigenvalue weighted by Crippen LogP contribution is -2.62. The number of hydrogen-bond donors (Lipinski definition) is 0. The molecule has 4 rings (SSSR count). The number of hydrogen-bond acceptors (Lipinski definition) is 5. The highest BCUT2D eigenvalue weighted by Gasteiger charge is 2.50. The van der Waals surface area contributed by atoms with Gasteiger partial charge < -0.3 is 9.80 Å². The molecule has 2 atom stereocenters. The molecule has 8 nitrogen and oxygen atoms in total. The monoisotopic (exact) mass is 380 g/mol. The third-order valence-corrected chi connectivity index (χ3v) is 7.22. The molecular weight excluding hydrogens is 356 g/mol. The Kier molecular flexibility index (Phi) is 4.29. The topological polar surface area (TPSA) is 92.6 Å². The number of amides is 2. The zero-order chi connectivity index (χ0) is 18.5. The fraction of sp³-hybridized carbons (Fsp3) is 0.706. The minimum atomic E-state index is -3.24. The van der Waals surface area contributed by atoms with E-state index in [0.29, 0.717) is 19.6 Å². The van der Waals surface area contributed by atoms with Gasteiger partial charge >= 0.3 is 0 Å². The molecule has 1 saturated carbocycles. The van der Waals surface area contributed by atoms with Crippen molar-refractivity contribution in [2.45, 2.75) is 44.8 Å². The zero-order valence-corrected chi connectivity index (χ0v) is 15.7. The Morgan fingerprint density at radius 1 is 1.15 bits per heavy atom. The smallest absolute Gasteiger partial charge is 0.226 e. The maximum atomic E-state index is 12.7. The number of aromatic nitrogens is 2. The van der Waals surface area contributed by atoms with Gasteiger partial charge in [-0.15, -0.1) is 0 Å². The van der Waals surface area contributed by atoms with Gasteiger partial charge in [-0.1, -0.05) is 0 Å². The first-order valence-corrected chi connectivity index (χ1v) is 11.0. The summed E-state index contributed by atoms with van der Waals surface area (Å²) < 4.78 is 26.1. The van der Waals surface area contributed by atoms with Crippen molar-refractivity contribution >= 4 is 21.7 Å². The second-order valence-corrected chi connectivity index (χ2v) is 9.79. The molecule has 0 spiro atoms. The molecule has 0 unspecified atom stereocenters. The molecule has 2 saturated heterocycles. The fourth-order valence-corrected chi connectivity index (χ4v) is 6.03. The average Bonchev–Trinajstić information content (AvgIpc) is 3.27. The summed E-state index contributed by atoms with van der Waals surface area (Å²) in [5, 5.41) is 4.18. The molecule has 3 heterocycles. The highest BCUT2D eigenvalue weighted by atomic mass is 32.2. The van der Waals surface area contributed by atoms with Crippen LogP contribution >= 0.6 is 0 Å². The molecule has 9 heteroatoms. The van der Waals surface area contributed by atoms with Crippen LogP contribution in [0.2, 0.25) is 0 Å². The molecule has 0 N–H and O–H groups in total. The Balaban J connectivity index is 1.47. The van der Waals surface area contributed by atoms with Crippen molar-refractivity contribution in [3.8, 4) is 0 Å². The van der Waals surface area contributed by atoms with Gasteiger partial charge in [0, 0.05) is 38.2 Å². The second kappa shape index (κ2) is 6.37. The summed E-state index contributed by atoms with van der Waals surface area (Å²) in [4.78, 5) is 28.7. The standard InChI is InChI=1S/C17H24N4O4S/c1-12-8-18-19(9-12)5-4-16(22)20-6-7-21(17(23)13-2-3-13)15-11-26(24,25)10-14(15)20/h8-9,13-15H,2-7,10-11H2,1H3/t14-,15+/m0/s1. The van der Waals surface area contributed by atoms with Gasteiger partial charge in [-0.25, -0.2) is 8.42 Å². The molecule has 0 radical (unpaired) electrons. The van der Waals surface area contributed by atoms with E-state index in [2.05, 4.69) is 5.10 Å². The van der Waals surface area contributed by atoms with Gasteiger partial charge in [0.25, 0.3) is 0 Å². The minimum absolute atomic E-state index is 0.0295. The van der Waals surface area contributed by atoms with Crippen molar-refractivity contribution in [3.63, 3.8) is 0 Å². The highest BCUT2D eigenvalue weighted by Crippen LogP contribution is 2.35. The SMILES string of the molecule is Cc1cnn(CCC(=O)N2CCN(C(=O)C3CC3)[C@@H]3CS(=O)(=O)C[C@@H]32)c1. The van der Waals surface area contributed by atoms with Crippen LogP contribution in [-0.4, -0.2) is 76.5 Å². The first kappa shape index (κ1) is 17.5. The van der Waals surface area contributed by atoms with E-state index in [1.165, 1.54) is 0 Å². The molecule has 1 aliphatic carbocycles. The number of nitrogens with zero attached hydrogens (tertiary/aromatic N) is 4. The Hall–Kier alpha value is -1.90. The lowest BCUT2D eigenvalue weighted by molar-refractivity contribution is -0.146. The maximum absolute atomic E-state index is 12.7. The molecule has 0 aromatic carbocycles. The summed E-state index contributed by atoms with van der Waals surface area (Å²) in [7, 11) is -3.24. The van der Waals surface area contributed by atoms with Gasteiger partial charge in [0.15, 0.2) is 9.84 Å². The van der Waals surface area contributed by atoms with Crippen LogP contribution in [0, 0.1) is 12.8 Å². The van der Waals surface area contributed by atoms with E-state index in [1.54, 1.807) is 20.7 Å². The van der Waals surface area contributed by atoms with Crippen molar-refractivity contribution in [2.75, 3.05) is 24.6 Å². The molecule has 26 heavy (non-hydrogen) atoms. The molecule has 1 aromatic rings. The van der Waals surface area contributed by atoms with Crippen LogP contribution in [0.1, 0.15) is 24.8 Å². The Morgan fingerprint density at radius 2 is 1.81 bits per heavy atom. The van der Waals surface area contributed by atoms with Gasteiger partial charge in [0.1, 0.15) is 0 Å². The number of carbonyl (C=O) groups excluding carboxylic acids is 2. The van der Waals surface area contributed by atoms with Crippen molar-refractivity contribution in [2.24, 2.45) is 5.92 Å². The van der Waals surface area contributed by atoms with Gasteiger partial charge in [-0.05, 0) is 25.3 Å². The maximum Gasteiger partial charge on any atom is 0.226 e. The van der Waals surface area contributed by atoms with Crippen LogP contribution in [0.3, 0.4) is 0 Å². The Bertz CT molecular complexity index is 830. The first-order chi connectivity index (χ1) is 12.3. The van der Waals surface area contributed by atoms with Crippen molar-refractivity contribution < 1.29 is 18.0 Å². The molecule has 0 bridgehead atoms. The van der Waals surface area contributed by atoms with E-state index in [1.807, 2.05) is 13.1 Å². The second-order valence-electron chi connectivity index (χ2n) is 7.64. The lowest BCUT2D eigenvalue weighted by atomic mass is 10.0. The van der Waals surface area contributed by atoms with E-state index in [9.17, 15) is 18.0 Å². The molecule has 1 aromatic heterocycles. The average molecular weight is 380 g/mol. The lowest BCUT2D eigenvalue weighted by Gasteiger charge is -2.44. The fourth-order valence-electron chi connectivity index (χ4n) is 4.04. The Morgan fingerprint density at radius 3 is 2.42 bits per heavy atom. The molecule has 2 aliphatic heterocycles. The third-order valence-electron chi connectivity index (χ3n) is 5.52. The normalized spacial score (nSPS) is 27.4. The summed E-state index contributed by atoms with van der Waals surface area (Å²) in [5.41, 5.74) is 1.03. The predicted molar refractivity (Wildman–Crippen MR) is 94.0 cm³/mol. The number of fused-ring (bicyclic) bond motifs is 1. The van der Waals surface area contributed by atoms with Crippen LogP contribution in [0.25, 0.3) is 0 Å². The summed E-state index contributed by atoms with van der Waals surface area (Å²) in [6.07, 6.45) is 5.69. The molecule has 142 valence electrons. The first-order valence-electron chi connectivity index (χ1n) is 9.13. The van der Waals surface area contributed by atoms with E-state index in [-0.39, 0.29) is 35.7 Å². The minimum Gasteiger partial charge on any atom is -0.335 e. The van der Waals surface area contributed by atoms with Crippen LogP contribution in [0.4, 0.5) is 0 Å².